The predicted octanol–water partition coefficient (Wildman–Crippen LogP) is 5.40. The smallest absolute Gasteiger partial charge is 0.341 e. The van der Waals surface area contributed by atoms with Gasteiger partial charge in [0.05, 0.1) is 11.3 Å². The molecule has 0 saturated carbocycles. The van der Waals surface area contributed by atoms with Crippen molar-refractivity contribution in [1.29, 1.82) is 0 Å². The number of carbonyl (C=O) groups is 2. The van der Waals surface area contributed by atoms with Crippen molar-refractivity contribution in [3.8, 4) is 0 Å². The van der Waals surface area contributed by atoms with Gasteiger partial charge in [-0.15, -0.1) is 11.8 Å². The summed E-state index contributed by atoms with van der Waals surface area (Å²) in [6.45, 7) is 1.84. The van der Waals surface area contributed by atoms with Crippen LogP contribution < -0.4 is 5.32 Å². The van der Waals surface area contributed by atoms with Crippen LogP contribution in [0.3, 0.4) is 0 Å². The first-order valence-corrected chi connectivity index (χ1v) is 11.8. The lowest BCUT2D eigenvalue weighted by atomic mass is 10.1. The molecule has 1 aliphatic heterocycles. The number of anilines is 1. The zero-order chi connectivity index (χ0) is 23.4. The zero-order valence-electron chi connectivity index (χ0n) is 17.9. The minimum Gasteiger partial charge on any atom is -0.341 e. The molecular formula is C24H24F3N3O2S. The Morgan fingerprint density at radius 3 is 2.36 bits per heavy atom. The highest BCUT2D eigenvalue weighted by Crippen LogP contribution is 2.31. The van der Waals surface area contributed by atoms with Crippen LogP contribution in [0.2, 0.25) is 0 Å². The summed E-state index contributed by atoms with van der Waals surface area (Å²) in [6.07, 6.45) is 0.705. The Kier molecular flexibility index (Phi) is 6.97. The number of likely N-dealkylation sites (tertiary alicyclic amines) is 1. The van der Waals surface area contributed by atoms with E-state index in [4.69, 9.17) is 0 Å². The summed E-state index contributed by atoms with van der Waals surface area (Å²) in [6, 6.07) is 12.1. The van der Waals surface area contributed by atoms with Gasteiger partial charge in [0.2, 0.25) is 11.8 Å². The number of amides is 2. The minimum absolute atomic E-state index is 0.0899. The Bertz CT molecular complexity index is 1140. The fourth-order valence-corrected chi connectivity index (χ4v) is 4.82. The van der Waals surface area contributed by atoms with Crippen LogP contribution in [0, 0.1) is 0 Å². The lowest BCUT2D eigenvalue weighted by Crippen LogP contribution is -2.37. The summed E-state index contributed by atoms with van der Waals surface area (Å²) in [5.41, 5.74) is 0.471. The topological polar surface area (TPSA) is 54.3 Å². The highest BCUT2D eigenvalue weighted by molar-refractivity contribution is 8.00. The number of hydrogen-bond acceptors (Lipinski definition) is 3. The molecule has 1 aromatic heterocycles. The van der Waals surface area contributed by atoms with Gasteiger partial charge in [-0.1, -0.05) is 18.2 Å². The Balaban J connectivity index is 1.41. The van der Waals surface area contributed by atoms with Gasteiger partial charge < -0.3 is 14.8 Å². The summed E-state index contributed by atoms with van der Waals surface area (Å²) in [7, 11) is 0. The maximum Gasteiger partial charge on any atom is 0.416 e. The Labute approximate surface area is 193 Å². The molecular weight excluding hydrogens is 451 g/mol. The van der Waals surface area contributed by atoms with Gasteiger partial charge in [0.25, 0.3) is 0 Å². The van der Waals surface area contributed by atoms with Gasteiger partial charge in [-0.3, -0.25) is 9.59 Å². The van der Waals surface area contributed by atoms with Crippen LogP contribution in [0.1, 0.15) is 24.8 Å². The molecule has 5 nitrogen and oxygen atoms in total. The quantitative estimate of drug-likeness (QED) is 0.486. The molecule has 0 spiro atoms. The summed E-state index contributed by atoms with van der Waals surface area (Å²) >= 11 is 1.33. The molecule has 4 rings (SSSR count). The normalized spacial score (nSPS) is 14.5. The van der Waals surface area contributed by atoms with Crippen molar-refractivity contribution in [2.75, 3.05) is 24.2 Å². The van der Waals surface area contributed by atoms with Crippen molar-refractivity contribution >= 4 is 40.2 Å². The largest absolute Gasteiger partial charge is 0.416 e. The first kappa shape index (κ1) is 23.2. The summed E-state index contributed by atoms with van der Waals surface area (Å²) < 4.78 is 40.0. The number of rotatable bonds is 6. The average molecular weight is 476 g/mol. The number of nitrogens with one attached hydrogen (secondary N) is 1. The van der Waals surface area contributed by atoms with Gasteiger partial charge in [0.15, 0.2) is 0 Å². The fourth-order valence-electron chi connectivity index (χ4n) is 3.93. The number of thioether (sulfide) groups is 1. The molecule has 1 saturated heterocycles. The van der Waals surface area contributed by atoms with Gasteiger partial charge >= 0.3 is 6.18 Å². The van der Waals surface area contributed by atoms with Gasteiger partial charge in [-0.25, -0.2) is 0 Å². The number of alkyl halides is 3. The molecule has 1 aliphatic rings. The van der Waals surface area contributed by atoms with Crippen LogP contribution in [-0.2, 0) is 22.3 Å². The van der Waals surface area contributed by atoms with Gasteiger partial charge in [0, 0.05) is 40.8 Å². The maximum absolute atomic E-state index is 12.7. The van der Waals surface area contributed by atoms with Crippen molar-refractivity contribution in [3.63, 3.8) is 0 Å². The number of nitrogens with zero attached hydrogens (tertiary/aromatic N) is 2. The third-order valence-corrected chi connectivity index (χ3v) is 6.66. The average Bonchev–Trinajstić information content (AvgIpc) is 3.15. The summed E-state index contributed by atoms with van der Waals surface area (Å²) in [5.74, 6) is -0.136. The second-order valence-corrected chi connectivity index (χ2v) is 9.01. The number of halogens is 3. The van der Waals surface area contributed by atoms with Crippen LogP contribution in [0.25, 0.3) is 10.9 Å². The molecule has 2 amide bonds. The Morgan fingerprint density at radius 2 is 1.67 bits per heavy atom. The highest BCUT2D eigenvalue weighted by Gasteiger charge is 2.30. The highest BCUT2D eigenvalue weighted by atomic mass is 32.2. The molecule has 33 heavy (non-hydrogen) atoms. The first-order chi connectivity index (χ1) is 15.8. The number of para-hydroxylation sites is 1. The van der Waals surface area contributed by atoms with Crippen molar-refractivity contribution in [3.05, 3.63) is 60.3 Å². The van der Waals surface area contributed by atoms with E-state index < -0.39 is 11.7 Å². The molecule has 0 atom stereocenters. The van der Waals surface area contributed by atoms with E-state index in [2.05, 4.69) is 5.32 Å². The lowest BCUT2D eigenvalue weighted by Gasteiger charge is -2.27. The molecule has 1 fully saturated rings. The molecule has 0 bridgehead atoms. The molecule has 1 N–H and O–H groups in total. The summed E-state index contributed by atoms with van der Waals surface area (Å²) in [4.78, 5) is 27.9. The van der Waals surface area contributed by atoms with Crippen molar-refractivity contribution in [2.45, 2.75) is 36.9 Å². The molecule has 0 radical (unpaired) electrons. The number of carbonyl (C=O) groups excluding carboxylic acids is 2. The van der Waals surface area contributed by atoms with Gasteiger partial charge in [-0.05, 0) is 49.6 Å². The number of piperidine rings is 1. The lowest BCUT2D eigenvalue weighted by molar-refractivity contribution is -0.137. The van der Waals surface area contributed by atoms with E-state index in [1.54, 1.807) is 0 Å². The van der Waals surface area contributed by atoms with Crippen LogP contribution >= 0.6 is 11.8 Å². The molecule has 174 valence electrons. The standard InChI is InChI=1S/C24H24F3N3O2S/c25-24(26,27)17-8-10-18(11-9-17)28-22(31)16-33-21-14-30(20-7-3-2-6-19(20)21)15-23(32)29-12-4-1-5-13-29/h2-3,6-11,14H,1,4-5,12-13,15-16H2,(H,28,31). The Morgan fingerprint density at radius 1 is 0.970 bits per heavy atom. The van der Waals surface area contributed by atoms with Crippen LogP contribution in [0.5, 0.6) is 0 Å². The minimum atomic E-state index is -4.41. The predicted molar refractivity (Wildman–Crippen MR) is 123 cm³/mol. The van der Waals surface area contributed by atoms with Crippen molar-refractivity contribution < 1.29 is 22.8 Å². The molecule has 0 unspecified atom stereocenters. The van der Waals surface area contributed by atoms with Gasteiger partial charge in [0.1, 0.15) is 6.54 Å². The van der Waals surface area contributed by atoms with E-state index in [0.717, 1.165) is 60.3 Å². The van der Waals surface area contributed by atoms with Crippen molar-refractivity contribution in [1.82, 2.24) is 9.47 Å². The van der Waals surface area contributed by atoms with E-state index >= 15 is 0 Å². The second kappa shape index (κ2) is 9.91. The number of fused-ring (bicyclic) bond motifs is 1. The molecule has 2 heterocycles. The molecule has 3 aromatic rings. The monoisotopic (exact) mass is 475 g/mol. The molecule has 2 aromatic carbocycles. The van der Waals surface area contributed by atoms with Crippen LogP contribution in [-0.4, -0.2) is 40.1 Å². The number of hydrogen-bond donors (Lipinski definition) is 1. The SMILES string of the molecule is O=C(CSc1cn(CC(=O)N2CCCCC2)c2ccccc12)Nc1ccc(C(F)(F)F)cc1. The van der Waals surface area contributed by atoms with E-state index in [-0.39, 0.29) is 24.1 Å². The third-order valence-electron chi connectivity index (χ3n) is 5.62. The first-order valence-electron chi connectivity index (χ1n) is 10.8. The number of benzene rings is 2. The third kappa shape index (κ3) is 5.71. The van der Waals surface area contributed by atoms with Crippen LogP contribution in [0.15, 0.2) is 59.6 Å². The second-order valence-electron chi connectivity index (χ2n) is 7.99. The van der Waals surface area contributed by atoms with E-state index in [1.165, 1.54) is 23.9 Å². The van der Waals surface area contributed by atoms with E-state index in [1.807, 2.05) is 39.9 Å². The maximum atomic E-state index is 12.7. The van der Waals surface area contributed by atoms with E-state index in [9.17, 15) is 22.8 Å². The van der Waals surface area contributed by atoms with Crippen molar-refractivity contribution in [2.24, 2.45) is 0 Å². The summed E-state index contributed by atoms with van der Waals surface area (Å²) in [5, 5.41) is 3.58. The zero-order valence-corrected chi connectivity index (χ0v) is 18.7. The van der Waals surface area contributed by atoms with Crippen LogP contribution in [0.4, 0.5) is 18.9 Å². The Hall–Kier alpha value is -2.94. The number of aromatic nitrogens is 1. The molecule has 9 heteroatoms. The fraction of sp³-hybridized carbons (Fsp3) is 0.333. The van der Waals surface area contributed by atoms with Gasteiger partial charge in [-0.2, -0.15) is 13.2 Å². The van der Waals surface area contributed by atoms with E-state index in [0.29, 0.717) is 5.69 Å². The molecule has 0 aliphatic carbocycles.